The summed E-state index contributed by atoms with van der Waals surface area (Å²) in [5.41, 5.74) is 0.457. The summed E-state index contributed by atoms with van der Waals surface area (Å²) in [4.78, 5) is 25.3. The number of hydrogen-bond donors (Lipinski definition) is 2. The standard InChI is InChI=1S/C31H62N2O6Si4/c1-31(2,3)28(33-30(35)36-26-27-22-18-17-19-23-27)29(34)32-24-20-15-13-14-16-21-25-41(7,8)38-43(11,12)39-42(9,10)37-40(4,5)6/h17-19,22-23,28H,13-16,20-21,24-26H2,1-12H3,(H,32,34)(H,33,35). The third kappa shape index (κ3) is 19.0. The average Bonchev–Trinajstić information content (AvgIpc) is 2.81. The first-order chi connectivity index (χ1) is 19.6. The fraction of sp³-hybridized carbons (Fsp3) is 0.742. The van der Waals surface area contributed by atoms with Crippen molar-refractivity contribution in [2.24, 2.45) is 5.41 Å². The molecule has 1 atom stereocenters. The Morgan fingerprint density at radius 1 is 0.744 bits per heavy atom. The molecule has 0 saturated carbocycles. The monoisotopic (exact) mass is 670 g/mol. The van der Waals surface area contributed by atoms with E-state index in [-0.39, 0.29) is 12.5 Å². The van der Waals surface area contributed by atoms with Gasteiger partial charge in [0.15, 0.2) is 16.6 Å². The molecule has 0 spiro atoms. The summed E-state index contributed by atoms with van der Waals surface area (Å²) >= 11 is 0. The van der Waals surface area contributed by atoms with Gasteiger partial charge in [-0.15, -0.1) is 0 Å². The Bertz CT molecular complexity index is 979. The number of nitrogens with one attached hydrogen (secondary N) is 2. The Hall–Kier alpha value is -1.29. The fourth-order valence-corrected chi connectivity index (χ4v) is 23.9. The topological polar surface area (TPSA) is 95.1 Å². The van der Waals surface area contributed by atoms with Gasteiger partial charge in [0.05, 0.1) is 0 Å². The van der Waals surface area contributed by atoms with Crippen LogP contribution in [-0.2, 0) is 28.5 Å². The third-order valence-corrected chi connectivity index (χ3v) is 20.8. The number of ether oxygens (including phenoxy) is 1. The first-order valence-electron chi connectivity index (χ1n) is 16.0. The molecule has 0 radical (unpaired) electrons. The SMILES string of the molecule is CC(C)(C)C(NC(=O)OCc1ccccc1)C(=O)NCCCCCCCC[Si](C)(C)O[Si](C)(C)O[Si](C)(C)O[Si](C)(C)C. The van der Waals surface area contributed by atoms with Gasteiger partial charge in [-0.2, -0.15) is 0 Å². The van der Waals surface area contributed by atoms with E-state index >= 15 is 0 Å². The van der Waals surface area contributed by atoms with Crippen LogP contribution < -0.4 is 10.6 Å². The van der Waals surface area contributed by atoms with E-state index in [0.717, 1.165) is 30.9 Å². The minimum Gasteiger partial charge on any atom is -0.445 e. The number of unbranched alkanes of at least 4 members (excludes halogenated alkanes) is 5. The van der Waals surface area contributed by atoms with Crippen molar-refractivity contribution in [3.05, 3.63) is 35.9 Å². The number of hydrogen-bond acceptors (Lipinski definition) is 6. The molecule has 0 aliphatic carbocycles. The molecule has 0 heterocycles. The summed E-state index contributed by atoms with van der Waals surface area (Å²) in [6.07, 6.45) is 6.08. The smallest absolute Gasteiger partial charge is 0.408 e. The lowest BCUT2D eigenvalue weighted by Gasteiger charge is -2.40. The minimum absolute atomic E-state index is 0.167. The zero-order chi connectivity index (χ0) is 33.0. The lowest BCUT2D eigenvalue weighted by atomic mass is 9.86. The number of alkyl carbamates (subject to hydrolysis) is 1. The van der Waals surface area contributed by atoms with Gasteiger partial charge >= 0.3 is 23.2 Å². The van der Waals surface area contributed by atoms with Gasteiger partial charge < -0.3 is 27.7 Å². The number of carbonyl (C=O) groups is 2. The van der Waals surface area contributed by atoms with Crippen molar-refractivity contribution in [2.45, 2.75) is 137 Å². The number of rotatable bonds is 19. The molecular weight excluding hydrogens is 609 g/mol. The van der Waals surface area contributed by atoms with E-state index in [9.17, 15) is 9.59 Å². The molecule has 0 aliphatic heterocycles. The molecule has 12 heteroatoms. The lowest BCUT2D eigenvalue weighted by Crippen LogP contribution is -2.55. The average molecular weight is 671 g/mol. The van der Waals surface area contributed by atoms with E-state index in [1.807, 2.05) is 51.1 Å². The van der Waals surface area contributed by atoms with Crippen LogP contribution in [0.5, 0.6) is 0 Å². The van der Waals surface area contributed by atoms with Crippen LogP contribution in [0.2, 0.25) is 65.0 Å². The summed E-state index contributed by atoms with van der Waals surface area (Å²) in [5.74, 6) is -0.176. The van der Waals surface area contributed by atoms with Gasteiger partial charge in [0, 0.05) is 6.54 Å². The van der Waals surface area contributed by atoms with E-state index in [1.165, 1.54) is 19.3 Å². The van der Waals surface area contributed by atoms with Crippen molar-refractivity contribution in [2.75, 3.05) is 6.54 Å². The molecule has 0 aromatic heterocycles. The predicted molar refractivity (Wildman–Crippen MR) is 188 cm³/mol. The first-order valence-corrected chi connectivity index (χ1v) is 28.1. The van der Waals surface area contributed by atoms with Crippen molar-refractivity contribution in [3.8, 4) is 0 Å². The molecule has 1 aromatic rings. The van der Waals surface area contributed by atoms with Crippen LogP contribution in [0.1, 0.15) is 64.9 Å². The maximum Gasteiger partial charge on any atom is 0.408 e. The second-order valence-electron chi connectivity index (χ2n) is 15.1. The fourth-order valence-electron chi connectivity index (χ4n) is 5.34. The van der Waals surface area contributed by atoms with E-state index in [2.05, 4.69) is 69.6 Å². The summed E-state index contributed by atoms with van der Waals surface area (Å²) < 4.78 is 25.0. The number of carbonyl (C=O) groups excluding carboxylic acids is 2. The highest BCUT2D eigenvalue weighted by molar-refractivity contribution is 6.89. The van der Waals surface area contributed by atoms with Crippen LogP contribution in [0.15, 0.2) is 30.3 Å². The van der Waals surface area contributed by atoms with Gasteiger partial charge in [-0.25, -0.2) is 4.79 Å². The molecule has 2 amide bonds. The molecule has 248 valence electrons. The molecule has 0 fully saturated rings. The highest BCUT2D eigenvalue weighted by Crippen LogP contribution is 2.27. The molecule has 1 rings (SSSR count). The zero-order valence-corrected chi connectivity index (χ0v) is 33.3. The van der Waals surface area contributed by atoms with Gasteiger partial charge in [0.2, 0.25) is 5.91 Å². The molecule has 43 heavy (non-hydrogen) atoms. The third-order valence-electron chi connectivity index (χ3n) is 6.67. The van der Waals surface area contributed by atoms with Crippen molar-refractivity contribution in [1.29, 1.82) is 0 Å². The van der Waals surface area contributed by atoms with Gasteiger partial charge in [0.25, 0.3) is 0 Å². The largest absolute Gasteiger partial charge is 0.445 e. The molecule has 0 saturated heterocycles. The van der Waals surface area contributed by atoms with Crippen LogP contribution in [0.25, 0.3) is 0 Å². The van der Waals surface area contributed by atoms with Gasteiger partial charge in [-0.1, -0.05) is 83.2 Å². The molecule has 0 aliphatic rings. The Labute approximate surface area is 267 Å². The van der Waals surface area contributed by atoms with E-state index in [1.54, 1.807) is 0 Å². The number of benzene rings is 1. The van der Waals surface area contributed by atoms with E-state index in [0.29, 0.717) is 6.54 Å². The zero-order valence-electron chi connectivity index (χ0n) is 29.3. The predicted octanol–water partition coefficient (Wildman–Crippen LogP) is 8.28. The van der Waals surface area contributed by atoms with Gasteiger partial charge in [0.1, 0.15) is 12.6 Å². The van der Waals surface area contributed by atoms with Crippen LogP contribution in [0.4, 0.5) is 4.79 Å². The van der Waals surface area contributed by atoms with Crippen molar-refractivity contribution < 1.29 is 26.7 Å². The highest BCUT2D eigenvalue weighted by Gasteiger charge is 2.42. The molecule has 8 nitrogen and oxygen atoms in total. The summed E-state index contributed by atoms with van der Waals surface area (Å²) in [7, 11) is -7.95. The molecular formula is C31H62N2O6Si4. The van der Waals surface area contributed by atoms with E-state index < -0.39 is 51.3 Å². The first kappa shape index (κ1) is 39.7. The highest BCUT2D eigenvalue weighted by atomic mass is 28.5. The van der Waals surface area contributed by atoms with Gasteiger partial charge in [-0.3, -0.25) is 4.79 Å². The normalized spacial score (nSPS) is 13.9. The summed E-state index contributed by atoms with van der Waals surface area (Å²) in [5, 5.41) is 5.77. The Kier molecular flexibility index (Phi) is 16.1. The summed E-state index contributed by atoms with van der Waals surface area (Å²) in [6.45, 7) is 26.5. The van der Waals surface area contributed by atoms with Crippen LogP contribution in [-0.4, -0.2) is 58.3 Å². The van der Waals surface area contributed by atoms with Crippen molar-refractivity contribution in [3.63, 3.8) is 0 Å². The molecule has 1 unspecified atom stereocenters. The van der Waals surface area contributed by atoms with E-state index in [4.69, 9.17) is 17.1 Å². The number of amides is 2. The molecule has 1 aromatic carbocycles. The molecule has 2 N–H and O–H groups in total. The maximum absolute atomic E-state index is 12.9. The Balaban J connectivity index is 2.30. The van der Waals surface area contributed by atoms with Gasteiger partial charge in [-0.05, 0) is 82.4 Å². The Morgan fingerprint density at radius 3 is 1.84 bits per heavy atom. The second-order valence-corrected chi connectivity index (χ2v) is 31.4. The maximum atomic E-state index is 12.9. The van der Waals surface area contributed by atoms with Crippen LogP contribution >= 0.6 is 0 Å². The second kappa shape index (κ2) is 17.4. The van der Waals surface area contributed by atoms with Crippen LogP contribution in [0.3, 0.4) is 0 Å². The van der Waals surface area contributed by atoms with Crippen LogP contribution in [0, 0.1) is 5.41 Å². The lowest BCUT2D eigenvalue weighted by molar-refractivity contribution is -0.125. The Morgan fingerprint density at radius 2 is 1.28 bits per heavy atom. The minimum atomic E-state index is -2.27. The van der Waals surface area contributed by atoms with Crippen molar-refractivity contribution >= 4 is 45.8 Å². The van der Waals surface area contributed by atoms with Crippen molar-refractivity contribution in [1.82, 2.24) is 10.6 Å². The molecule has 0 bridgehead atoms. The quantitative estimate of drug-likeness (QED) is 0.114. The summed E-state index contributed by atoms with van der Waals surface area (Å²) in [6, 6.07) is 9.95.